The second-order valence-corrected chi connectivity index (χ2v) is 5.26. The van der Waals surface area contributed by atoms with E-state index in [4.69, 9.17) is 4.98 Å². The predicted octanol–water partition coefficient (Wildman–Crippen LogP) is 3.07. The molecule has 0 aliphatic rings. The summed E-state index contributed by atoms with van der Waals surface area (Å²) in [6.45, 7) is 9.51. The van der Waals surface area contributed by atoms with Crippen LogP contribution in [0.4, 0.5) is 0 Å². The molecule has 1 heterocycles. The van der Waals surface area contributed by atoms with Crippen molar-refractivity contribution in [2.75, 3.05) is 13.6 Å². The Bertz CT molecular complexity index is 582. The fourth-order valence-electron chi connectivity index (χ4n) is 2.36. The SMILES string of the molecule is CNCCc1nc(-c2cc(C)c(C)cc2C)c(C)[nH]1. The highest BCUT2D eigenvalue weighted by Gasteiger charge is 2.12. The zero-order chi connectivity index (χ0) is 14.0. The zero-order valence-electron chi connectivity index (χ0n) is 12.5. The average Bonchev–Trinajstić information content (AvgIpc) is 2.72. The highest BCUT2D eigenvalue weighted by atomic mass is 14.9. The molecule has 3 nitrogen and oxygen atoms in total. The molecule has 0 bridgehead atoms. The molecule has 0 unspecified atom stereocenters. The average molecular weight is 257 g/mol. The van der Waals surface area contributed by atoms with Crippen molar-refractivity contribution >= 4 is 0 Å². The fraction of sp³-hybridized carbons (Fsp3) is 0.438. The molecule has 0 radical (unpaired) electrons. The van der Waals surface area contributed by atoms with Crippen LogP contribution in [0.1, 0.15) is 28.2 Å². The number of benzene rings is 1. The summed E-state index contributed by atoms with van der Waals surface area (Å²) in [7, 11) is 1.96. The largest absolute Gasteiger partial charge is 0.346 e. The number of rotatable bonds is 4. The number of aryl methyl sites for hydroxylation is 4. The van der Waals surface area contributed by atoms with Crippen LogP contribution in [-0.2, 0) is 6.42 Å². The van der Waals surface area contributed by atoms with Gasteiger partial charge in [-0.15, -0.1) is 0 Å². The van der Waals surface area contributed by atoms with E-state index in [1.807, 2.05) is 7.05 Å². The maximum Gasteiger partial charge on any atom is 0.108 e. The lowest BCUT2D eigenvalue weighted by Crippen LogP contribution is -2.11. The van der Waals surface area contributed by atoms with E-state index in [0.29, 0.717) is 0 Å². The molecule has 2 aromatic rings. The van der Waals surface area contributed by atoms with Crippen LogP contribution in [0.15, 0.2) is 12.1 Å². The first-order valence-electron chi connectivity index (χ1n) is 6.81. The summed E-state index contributed by atoms with van der Waals surface area (Å²) >= 11 is 0. The highest BCUT2D eigenvalue weighted by Crippen LogP contribution is 2.27. The van der Waals surface area contributed by atoms with Gasteiger partial charge in [0, 0.05) is 24.2 Å². The minimum Gasteiger partial charge on any atom is -0.346 e. The molecule has 2 N–H and O–H groups in total. The molecule has 3 heteroatoms. The lowest BCUT2D eigenvalue weighted by atomic mass is 9.98. The van der Waals surface area contributed by atoms with E-state index in [-0.39, 0.29) is 0 Å². The number of nitrogens with zero attached hydrogens (tertiary/aromatic N) is 1. The normalized spacial score (nSPS) is 11.0. The number of hydrogen-bond acceptors (Lipinski definition) is 2. The van der Waals surface area contributed by atoms with Crippen molar-refractivity contribution < 1.29 is 0 Å². The molecule has 0 spiro atoms. The molecule has 0 amide bonds. The molecular weight excluding hydrogens is 234 g/mol. The van der Waals surface area contributed by atoms with E-state index in [0.717, 1.165) is 30.2 Å². The number of imidazole rings is 1. The van der Waals surface area contributed by atoms with Gasteiger partial charge in [0.1, 0.15) is 5.82 Å². The van der Waals surface area contributed by atoms with Crippen LogP contribution in [-0.4, -0.2) is 23.6 Å². The number of nitrogens with one attached hydrogen (secondary N) is 2. The monoisotopic (exact) mass is 257 g/mol. The molecule has 0 atom stereocenters. The number of H-pyrrole nitrogens is 1. The van der Waals surface area contributed by atoms with Crippen LogP contribution < -0.4 is 5.32 Å². The molecule has 1 aromatic carbocycles. The number of hydrogen-bond donors (Lipinski definition) is 2. The van der Waals surface area contributed by atoms with Gasteiger partial charge in [-0.1, -0.05) is 6.07 Å². The van der Waals surface area contributed by atoms with Crippen LogP contribution in [0.5, 0.6) is 0 Å². The van der Waals surface area contributed by atoms with Crippen molar-refractivity contribution in [3.63, 3.8) is 0 Å². The van der Waals surface area contributed by atoms with Crippen LogP contribution in [0.2, 0.25) is 0 Å². The number of aromatic amines is 1. The Morgan fingerprint density at radius 3 is 2.42 bits per heavy atom. The molecule has 0 saturated heterocycles. The fourth-order valence-corrected chi connectivity index (χ4v) is 2.36. The molecular formula is C16H23N3. The summed E-state index contributed by atoms with van der Waals surface area (Å²) in [6.07, 6.45) is 0.932. The maximum absolute atomic E-state index is 4.75. The van der Waals surface area contributed by atoms with Gasteiger partial charge >= 0.3 is 0 Å². The summed E-state index contributed by atoms with van der Waals surface area (Å²) in [5, 5.41) is 3.15. The van der Waals surface area contributed by atoms with Crippen molar-refractivity contribution in [2.45, 2.75) is 34.1 Å². The van der Waals surface area contributed by atoms with Gasteiger partial charge < -0.3 is 10.3 Å². The van der Waals surface area contributed by atoms with Crippen LogP contribution in [0, 0.1) is 27.7 Å². The first-order chi connectivity index (χ1) is 9.02. The highest BCUT2D eigenvalue weighted by molar-refractivity contribution is 5.67. The Morgan fingerprint density at radius 2 is 1.74 bits per heavy atom. The second-order valence-electron chi connectivity index (χ2n) is 5.26. The van der Waals surface area contributed by atoms with Gasteiger partial charge in [-0.05, 0) is 57.5 Å². The number of aromatic nitrogens is 2. The Hall–Kier alpha value is -1.61. The molecule has 0 fully saturated rings. The molecule has 0 saturated carbocycles. The molecule has 0 aliphatic carbocycles. The Labute approximate surface area is 115 Å². The minimum atomic E-state index is 0.932. The quantitative estimate of drug-likeness (QED) is 0.883. The van der Waals surface area contributed by atoms with Crippen molar-refractivity contribution in [2.24, 2.45) is 0 Å². The van der Waals surface area contributed by atoms with Gasteiger partial charge in [0.25, 0.3) is 0 Å². The van der Waals surface area contributed by atoms with Gasteiger partial charge in [0.15, 0.2) is 0 Å². The molecule has 19 heavy (non-hydrogen) atoms. The predicted molar refractivity (Wildman–Crippen MR) is 80.6 cm³/mol. The summed E-state index contributed by atoms with van der Waals surface area (Å²) in [5.41, 5.74) is 7.43. The van der Waals surface area contributed by atoms with E-state index in [1.54, 1.807) is 0 Å². The summed E-state index contributed by atoms with van der Waals surface area (Å²) in [5.74, 6) is 1.06. The van der Waals surface area contributed by atoms with Crippen LogP contribution in [0.25, 0.3) is 11.3 Å². The van der Waals surface area contributed by atoms with Gasteiger partial charge in [0.2, 0.25) is 0 Å². The number of likely N-dealkylation sites (N-methyl/N-ethyl adjacent to an activating group) is 1. The molecule has 102 valence electrons. The summed E-state index contributed by atoms with van der Waals surface area (Å²) < 4.78 is 0. The van der Waals surface area contributed by atoms with Crippen molar-refractivity contribution in [1.29, 1.82) is 0 Å². The van der Waals surface area contributed by atoms with Crippen molar-refractivity contribution in [1.82, 2.24) is 15.3 Å². The summed E-state index contributed by atoms with van der Waals surface area (Å²) in [4.78, 5) is 8.14. The third-order valence-electron chi connectivity index (χ3n) is 3.64. The van der Waals surface area contributed by atoms with E-state index in [1.165, 1.54) is 22.3 Å². The van der Waals surface area contributed by atoms with E-state index >= 15 is 0 Å². The zero-order valence-corrected chi connectivity index (χ0v) is 12.5. The first-order valence-corrected chi connectivity index (χ1v) is 6.81. The maximum atomic E-state index is 4.75. The van der Waals surface area contributed by atoms with E-state index < -0.39 is 0 Å². The molecule has 2 rings (SSSR count). The molecule has 0 aliphatic heterocycles. The van der Waals surface area contributed by atoms with Gasteiger partial charge in [-0.3, -0.25) is 0 Å². The van der Waals surface area contributed by atoms with Crippen molar-refractivity contribution in [3.05, 3.63) is 40.3 Å². The third-order valence-corrected chi connectivity index (χ3v) is 3.64. The second kappa shape index (κ2) is 5.57. The molecule has 1 aromatic heterocycles. The van der Waals surface area contributed by atoms with Crippen LogP contribution in [0.3, 0.4) is 0 Å². The third kappa shape index (κ3) is 2.87. The van der Waals surface area contributed by atoms with E-state index in [2.05, 4.69) is 50.1 Å². The first kappa shape index (κ1) is 13.8. The van der Waals surface area contributed by atoms with Crippen molar-refractivity contribution in [3.8, 4) is 11.3 Å². The van der Waals surface area contributed by atoms with Gasteiger partial charge in [-0.2, -0.15) is 0 Å². The van der Waals surface area contributed by atoms with Gasteiger partial charge in [-0.25, -0.2) is 4.98 Å². The smallest absolute Gasteiger partial charge is 0.108 e. The minimum absolute atomic E-state index is 0.932. The lowest BCUT2D eigenvalue weighted by Gasteiger charge is -2.08. The van der Waals surface area contributed by atoms with Gasteiger partial charge in [0.05, 0.1) is 5.69 Å². The Balaban J connectivity index is 2.41. The Morgan fingerprint density at radius 1 is 1.05 bits per heavy atom. The lowest BCUT2D eigenvalue weighted by molar-refractivity contribution is 0.763. The Kier molecular flexibility index (Phi) is 4.05. The summed E-state index contributed by atoms with van der Waals surface area (Å²) in [6, 6.07) is 4.49. The topological polar surface area (TPSA) is 40.7 Å². The van der Waals surface area contributed by atoms with Crippen LogP contribution >= 0.6 is 0 Å². The van der Waals surface area contributed by atoms with E-state index in [9.17, 15) is 0 Å². The standard InChI is InChI=1S/C16H23N3/c1-10-8-12(3)14(9-11(10)2)16-13(4)18-15(19-16)6-7-17-5/h8-9,17H,6-7H2,1-5H3,(H,18,19).